The molecule has 3 heteroatoms. The number of aliphatic hydroxyl groups excluding tert-OH is 1. The average molecular weight is 252 g/mol. The fourth-order valence-corrected chi connectivity index (χ4v) is 4.20. The summed E-state index contributed by atoms with van der Waals surface area (Å²) in [5, 5.41) is 12.5. The lowest BCUT2D eigenvalue weighted by atomic mass is 9.81. The topological polar surface area (TPSA) is 29.5 Å². The molecule has 0 bridgehead atoms. The van der Waals surface area contributed by atoms with E-state index in [0.717, 1.165) is 24.3 Å². The molecule has 1 aromatic rings. The highest BCUT2D eigenvalue weighted by molar-refractivity contribution is 7.10. The van der Waals surface area contributed by atoms with Crippen LogP contribution in [0.2, 0.25) is 0 Å². The van der Waals surface area contributed by atoms with Gasteiger partial charge in [-0.25, -0.2) is 0 Å². The lowest BCUT2D eigenvalue weighted by Gasteiger charge is -2.39. The molecule has 2 aliphatic rings. The van der Waals surface area contributed by atoms with Gasteiger partial charge in [0, 0.05) is 11.5 Å². The molecule has 2 nitrogen and oxygen atoms in total. The zero-order valence-electron chi connectivity index (χ0n) is 10.1. The summed E-state index contributed by atoms with van der Waals surface area (Å²) in [6.07, 6.45) is 6.74. The van der Waals surface area contributed by atoms with Crippen LogP contribution in [0.1, 0.15) is 49.5 Å². The van der Waals surface area contributed by atoms with Gasteiger partial charge in [0.25, 0.3) is 0 Å². The number of rotatable bonds is 2. The molecule has 0 radical (unpaired) electrons. The Morgan fingerprint density at radius 2 is 2.24 bits per heavy atom. The minimum atomic E-state index is -0.281. The predicted molar refractivity (Wildman–Crippen MR) is 69.2 cm³/mol. The Morgan fingerprint density at radius 3 is 2.94 bits per heavy atom. The van der Waals surface area contributed by atoms with E-state index < -0.39 is 0 Å². The molecule has 2 atom stereocenters. The van der Waals surface area contributed by atoms with Gasteiger partial charge in [0.2, 0.25) is 0 Å². The first kappa shape index (κ1) is 11.7. The third kappa shape index (κ3) is 2.28. The second-order valence-corrected chi connectivity index (χ2v) is 6.43. The molecule has 1 saturated heterocycles. The van der Waals surface area contributed by atoms with Gasteiger partial charge in [-0.3, -0.25) is 0 Å². The Morgan fingerprint density at radius 1 is 1.41 bits per heavy atom. The van der Waals surface area contributed by atoms with E-state index in [1.165, 1.54) is 25.7 Å². The molecule has 1 spiro atoms. The molecule has 2 fully saturated rings. The zero-order chi connectivity index (χ0) is 11.7. The van der Waals surface area contributed by atoms with Crippen LogP contribution in [0.5, 0.6) is 0 Å². The van der Waals surface area contributed by atoms with Crippen molar-refractivity contribution in [3.8, 4) is 0 Å². The Labute approximate surface area is 107 Å². The summed E-state index contributed by atoms with van der Waals surface area (Å²) < 4.78 is 6.02. The molecule has 1 aliphatic carbocycles. The molecule has 1 N–H and O–H groups in total. The second kappa shape index (κ2) is 4.71. The molecule has 0 amide bonds. The minimum absolute atomic E-state index is 0.112. The number of hydrogen-bond acceptors (Lipinski definition) is 3. The summed E-state index contributed by atoms with van der Waals surface area (Å²) in [7, 11) is 0. The normalized spacial score (nSPS) is 29.6. The Kier molecular flexibility index (Phi) is 3.24. The summed E-state index contributed by atoms with van der Waals surface area (Å²) in [5.41, 5.74) is 0.112. The van der Waals surface area contributed by atoms with Crippen molar-refractivity contribution >= 4 is 11.3 Å². The van der Waals surface area contributed by atoms with E-state index in [9.17, 15) is 5.11 Å². The fraction of sp³-hybridized carbons (Fsp3) is 0.714. The van der Waals surface area contributed by atoms with E-state index in [1.54, 1.807) is 11.3 Å². The summed E-state index contributed by atoms with van der Waals surface area (Å²) in [4.78, 5) is 1.12. The van der Waals surface area contributed by atoms with E-state index >= 15 is 0 Å². The van der Waals surface area contributed by atoms with E-state index in [4.69, 9.17) is 4.74 Å². The van der Waals surface area contributed by atoms with Crippen molar-refractivity contribution in [2.75, 3.05) is 6.61 Å². The molecule has 1 saturated carbocycles. The maximum atomic E-state index is 10.4. The molecule has 17 heavy (non-hydrogen) atoms. The number of aliphatic hydroxyl groups is 1. The lowest BCUT2D eigenvalue weighted by Crippen LogP contribution is -2.39. The highest BCUT2D eigenvalue weighted by Gasteiger charge is 2.42. The maximum Gasteiger partial charge on any atom is 0.0911 e. The van der Waals surface area contributed by atoms with Crippen molar-refractivity contribution in [2.45, 2.75) is 50.2 Å². The van der Waals surface area contributed by atoms with E-state index in [-0.39, 0.29) is 11.7 Å². The van der Waals surface area contributed by atoms with Crippen LogP contribution in [-0.4, -0.2) is 17.3 Å². The maximum absolute atomic E-state index is 10.4. The first-order valence-electron chi connectivity index (χ1n) is 6.65. The van der Waals surface area contributed by atoms with Crippen molar-refractivity contribution in [3.63, 3.8) is 0 Å². The van der Waals surface area contributed by atoms with Crippen LogP contribution in [0.3, 0.4) is 0 Å². The van der Waals surface area contributed by atoms with Gasteiger partial charge < -0.3 is 9.84 Å². The number of thiophene rings is 1. The van der Waals surface area contributed by atoms with Crippen molar-refractivity contribution in [1.82, 2.24) is 0 Å². The molecule has 2 heterocycles. The molecule has 1 aromatic heterocycles. The van der Waals surface area contributed by atoms with Gasteiger partial charge in [-0.05, 0) is 43.0 Å². The molecule has 0 aromatic carbocycles. The van der Waals surface area contributed by atoms with Crippen LogP contribution >= 0.6 is 11.3 Å². The number of hydrogen-bond donors (Lipinski definition) is 1. The van der Waals surface area contributed by atoms with Crippen LogP contribution in [-0.2, 0) is 4.74 Å². The standard InChI is InChI=1S/C14H20O2S/c15-13(12-4-3-9-17-12)11-5-8-16-14(10-11)6-1-2-7-14/h3-4,9,11,13,15H,1-2,5-8,10H2. The van der Waals surface area contributed by atoms with Crippen LogP contribution in [0.4, 0.5) is 0 Å². The SMILES string of the molecule is OC(c1cccs1)C1CCOC2(CCCC2)C1. The summed E-state index contributed by atoms with van der Waals surface area (Å²) >= 11 is 1.66. The summed E-state index contributed by atoms with van der Waals surface area (Å²) in [6, 6.07) is 4.07. The van der Waals surface area contributed by atoms with Crippen molar-refractivity contribution in [1.29, 1.82) is 0 Å². The first-order valence-corrected chi connectivity index (χ1v) is 7.52. The first-order chi connectivity index (χ1) is 8.29. The Bertz CT molecular complexity index is 354. The highest BCUT2D eigenvalue weighted by Crippen LogP contribution is 2.45. The summed E-state index contributed by atoms with van der Waals surface area (Å²) in [5.74, 6) is 0.389. The van der Waals surface area contributed by atoms with Gasteiger partial charge >= 0.3 is 0 Å². The predicted octanol–water partition coefficient (Wildman–Crippen LogP) is 3.52. The zero-order valence-corrected chi connectivity index (χ0v) is 10.9. The van der Waals surface area contributed by atoms with Crippen LogP contribution in [0.15, 0.2) is 17.5 Å². The fourth-order valence-electron chi connectivity index (χ4n) is 3.39. The van der Waals surface area contributed by atoms with Crippen molar-refractivity contribution < 1.29 is 9.84 Å². The third-order valence-electron chi connectivity index (χ3n) is 4.33. The molecule has 1 aliphatic heterocycles. The average Bonchev–Trinajstić information content (AvgIpc) is 3.00. The van der Waals surface area contributed by atoms with Crippen molar-refractivity contribution in [3.05, 3.63) is 22.4 Å². The molecular weight excluding hydrogens is 232 g/mol. The Balaban J connectivity index is 1.71. The quantitative estimate of drug-likeness (QED) is 0.872. The highest BCUT2D eigenvalue weighted by atomic mass is 32.1. The monoisotopic (exact) mass is 252 g/mol. The van der Waals surface area contributed by atoms with Gasteiger partial charge in [-0.1, -0.05) is 18.9 Å². The smallest absolute Gasteiger partial charge is 0.0911 e. The van der Waals surface area contributed by atoms with Gasteiger partial charge in [-0.15, -0.1) is 11.3 Å². The Hall–Kier alpha value is -0.380. The molecule has 2 unspecified atom stereocenters. The molecular formula is C14H20O2S. The number of ether oxygens (including phenoxy) is 1. The van der Waals surface area contributed by atoms with Crippen LogP contribution < -0.4 is 0 Å². The van der Waals surface area contributed by atoms with Gasteiger partial charge in [0.05, 0.1) is 11.7 Å². The lowest BCUT2D eigenvalue weighted by molar-refractivity contribution is -0.112. The van der Waals surface area contributed by atoms with Gasteiger partial charge in [0.15, 0.2) is 0 Å². The largest absolute Gasteiger partial charge is 0.387 e. The van der Waals surface area contributed by atoms with Crippen molar-refractivity contribution in [2.24, 2.45) is 5.92 Å². The van der Waals surface area contributed by atoms with Crippen LogP contribution in [0.25, 0.3) is 0 Å². The van der Waals surface area contributed by atoms with E-state index in [2.05, 4.69) is 0 Å². The third-order valence-corrected chi connectivity index (χ3v) is 5.27. The molecule has 3 rings (SSSR count). The van der Waals surface area contributed by atoms with E-state index in [0.29, 0.717) is 5.92 Å². The molecule has 94 valence electrons. The van der Waals surface area contributed by atoms with Gasteiger partial charge in [0.1, 0.15) is 0 Å². The van der Waals surface area contributed by atoms with Crippen LogP contribution in [0, 0.1) is 5.92 Å². The minimum Gasteiger partial charge on any atom is -0.387 e. The van der Waals surface area contributed by atoms with E-state index in [1.807, 2.05) is 17.5 Å². The summed E-state index contributed by atoms with van der Waals surface area (Å²) in [6.45, 7) is 0.826. The van der Waals surface area contributed by atoms with Gasteiger partial charge in [-0.2, -0.15) is 0 Å². The second-order valence-electron chi connectivity index (χ2n) is 5.45.